The highest BCUT2D eigenvalue weighted by atomic mass is 32.1. The number of piperazine rings is 1. The summed E-state index contributed by atoms with van der Waals surface area (Å²) in [5.41, 5.74) is -0.294. The fraction of sp³-hybridized carbons (Fsp3) is 0.500. The molecular formula is C22H29F2N5O4S. The topological polar surface area (TPSA) is 107 Å². The highest BCUT2D eigenvalue weighted by molar-refractivity contribution is 7.11. The average Bonchev–Trinajstić information content (AvgIpc) is 3.16. The third kappa shape index (κ3) is 7.08. The summed E-state index contributed by atoms with van der Waals surface area (Å²) >= 11 is 0.716. The second-order valence-corrected chi connectivity index (χ2v) is 9.00. The molecule has 0 aliphatic carbocycles. The fourth-order valence-electron chi connectivity index (χ4n) is 3.54. The molecule has 1 aliphatic heterocycles. The Hall–Kier alpha value is -2.83. The van der Waals surface area contributed by atoms with Gasteiger partial charge in [-0.05, 0) is 62.6 Å². The van der Waals surface area contributed by atoms with Crippen molar-refractivity contribution in [2.24, 2.45) is 0 Å². The molecule has 1 aliphatic rings. The number of ether oxygens (including phenoxy) is 1. The Morgan fingerprint density at radius 2 is 1.85 bits per heavy atom. The van der Waals surface area contributed by atoms with E-state index >= 15 is 0 Å². The van der Waals surface area contributed by atoms with Crippen LogP contribution >= 0.6 is 11.5 Å². The van der Waals surface area contributed by atoms with Crippen molar-refractivity contribution in [2.75, 3.05) is 51.6 Å². The van der Waals surface area contributed by atoms with Crippen LogP contribution in [0.3, 0.4) is 0 Å². The summed E-state index contributed by atoms with van der Waals surface area (Å²) < 4.78 is 37.2. The Bertz CT molecular complexity index is 988. The number of benzene rings is 1. The van der Waals surface area contributed by atoms with Crippen LogP contribution in [0.15, 0.2) is 12.1 Å². The molecule has 2 amide bonds. The van der Waals surface area contributed by atoms with Gasteiger partial charge in [0.05, 0.1) is 5.56 Å². The molecule has 1 saturated heterocycles. The lowest BCUT2D eigenvalue weighted by molar-refractivity contribution is 0.0693. The van der Waals surface area contributed by atoms with Crippen LogP contribution in [0.5, 0.6) is 5.88 Å². The maximum absolute atomic E-state index is 14.0. The number of rotatable bonds is 10. The Morgan fingerprint density at radius 1 is 1.18 bits per heavy atom. The SMILES string of the molecule is Cc1cc(F)c(COc2nsc(NC(=O)NCCCCN3CCN(C)CC3)c2C(=O)O)c(F)c1. The Morgan fingerprint density at radius 3 is 2.50 bits per heavy atom. The number of carboxylic acids is 1. The number of unbranched alkanes of at least 4 members (excludes halogenated alkanes) is 1. The molecule has 3 N–H and O–H groups in total. The molecule has 0 atom stereocenters. The van der Waals surface area contributed by atoms with E-state index in [1.807, 2.05) is 0 Å². The molecule has 12 heteroatoms. The third-order valence-corrected chi connectivity index (χ3v) is 6.27. The van der Waals surface area contributed by atoms with E-state index in [0.29, 0.717) is 23.6 Å². The smallest absolute Gasteiger partial charge is 0.344 e. The number of carbonyl (C=O) groups is 2. The summed E-state index contributed by atoms with van der Waals surface area (Å²) in [7, 11) is 2.11. The van der Waals surface area contributed by atoms with Crippen LogP contribution in [0.2, 0.25) is 0 Å². The van der Waals surface area contributed by atoms with Gasteiger partial charge in [-0.2, -0.15) is 4.37 Å². The van der Waals surface area contributed by atoms with E-state index in [-0.39, 0.29) is 22.0 Å². The van der Waals surface area contributed by atoms with Crippen molar-refractivity contribution in [1.82, 2.24) is 19.5 Å². The fourth-order valence-corrected chi connectivity index (χ4v) is 4.26. The van der Waals surface area contributed by atoms with Crippen LogP contribution in [0.25, 0.3) is 0 Å². The van der Waals surface area contributed by atoms with Crippen molar-refractivity contribution in [3.8, 4) is 5.88 Å². The van der Waals surface area contributed by atoms with Crippen molar-refractivity contribution in [2.45, 2.75) is 26.4 Å². The summed E-state index contributed by atoms with van der Waals surface area (Å²) in [4.78, 5) is 28.6. The number of aromatic carboxylic acids is 1. The normalized spacial score (nSPS) is 14.7. The molecule has 1 aromatic carbocycles. The first-order valence-electron chi connectivity index (χ1n) is 11.0. The molecule has 0 unspecified atom stereocenters. The van der Waals surface area contributed by atoms with Gasteiger partial charge in [-0.1, -0.05) is 0 Å². The number of aryl methyl sites for hydroxylation is 1. The van der Waals surface area contributed by atoms with Gasteiger partial charge >= 0.3 is 12.0 Å². The standard InChI is InChI=1S/C22H29F2N5O4S/c1-14-11-16(23)15(17(24)12-14)13-33-19-18(21(30)31)20(34-27-19)26-22(32)25-5-3-4-6-29-9-7-28(2)8-10-29/h11-12H,3-10,13H2,1-2H3,(H,30,31)(H2,25,26,32). The largest absolute Gasteiger partial charge is 0.477 e. The lowest BCUT2D eigenvalue weighted by atomic mass is 10.1. The number of nitrogens with zero attached hydrogens (tertiary/aromatic N) is 3. The number of carbonyl (C=O) groups excluding carboxylic acids is 1. The zero-order valence-electron chi connectivity index (χ0n) is 19.2. The molecular weight excluding hydrogens is 468 g/mol. The maximum atomic E-state index is 14.0. The predicted octanol–water partition coefficient (Wildman–Crippen LogP) is 3.16. The van der Waals surface area contributed by atoms with E-state index in [2.05, 4.69) is 31.9 Å². The van der Waals surface area contributed by atoms with E-state index < -0.39 is 30.2 Å². The number of aromatic nitrogens is 1. The molecule has 0 radical (unpaired) electrons. The summed E-state index contributed by atoms with van der Waals surface area (Å²) in [5, 5.41) is 14.7. The lowest BCUT2D eigenvalue weighted by Gasteiger charge is -2.32. The summed E-state index contributed by atoms with van der Waals surface area (Å²) in [6.07, 6.45) is 1.73. The van der Waals surface area contributed by atoms with Crippen molar-refractivity contribution >= 4 is 28.5 Å². The second-order valence-electron chi connectivity index (χ2n) is 8.23. The molecule has 0 spiro atoms. The van der Waals surface area contributed by atoms with Gasteiger partial charge in [0.1, 0.15) is 23.2 Å². The second kappa shape index (κ2) is 12.0. The van der Waals surface area contributed by atoms with Crippen LogP contribution in [-0.4, -0.2) is 77.6 Å². The van der Waals surface area contributed by atoms with Gasteiger partial charge in [-0.3, -0.25) is 5.32 Å². The lowest BCUT2D eigenvalue weighted by Crippen LogP contribution is -2.44. The Kier molecular flexibility index (Phi) is 9.13. The molecule has 1 aromatic heterocycles. The number of urea groups is 1. The zero-order valence-corrected chi connectivity index (χ0v) is 20.0. The van der Waals surface area contributed by atoms with Gasteiger partial charge in [-0.25, -0.2) is 18.4 Å². The third-order valence-electron chi connectivity index (χ3n) is 5.52. The molecule has 0 bridgehead atoms. The number of likely N-dealkylation sites (N-methyl/N-ethyl adjacent to an activating group) is 1. The first kappa shape index (κ1) is 25.8. The Labute approximate surface area is 200 Å². The Balaban J connectivity index is 1.48. The molecule has 9 nitrogen and oxygen atoms in total. The van der Waals surface area contributed by atoms with Gasteiger partial charge in [0.15, 0.2) is 5.56 Å². The van der Waals surface area contributed by atoms with Crippen molar-refractivity contribution < 1.29 is 28.2 Å². The molecule has 2 heterocycles. The molecule has 2 aromatic rings. The van der Waals surface area contributed by atoms with E-state index in [1.54, 1.807) is 6.92 Å². The highest BCUT2D eigenvalue weighted by Gasteiger charge is 2.24. The van der Waals surface area contributed by atoms with E-state index in [1.165, 1.54) is 0 Å². The number of hydrogen-bond acceptors (Lipinski definition) is 7. The van der Waals surface area contributed by atoms with Crippen LogP contribution in [-0.2, 0) is 6.61 Å². The summed E-state index contributed by atoms with van der Waals surface area (Å²) in [5.74, 6) is -3.29. The number of anilines is 1. The van der Waals surface area contributed by atoms with Gasteiger partial charge in [0.2, 0.25) is 5.88 Å². The van der Waals surface area contributed by atoms with Crippen LogP contribution < -0.4 is 15.4 Å². The molecule has 3 rings (SSSR count). The number of hydrogen-bond donors (Lipinski definition) is 3. The number of amides is 2. The number of carboxylic acid groups (broad SMARTS) is 1. The first-order valence-corrected chi connectivity index (χ1v) is 11.8. The quantitative estimate of drug-likeness (QED) is 0.433. The molecule has 1 fully saturated rings. The van der Waals surface area contributed by atoms with Gasteiger partial charge in [0.25, 0.3) is 0 Å². The summed E-state index contributed by atoms with van der Waals surface area (Å²) in [6, 6.07) is 1.75. The van der Waals surface area contributed by atoms with E-state index in [9.17, 15) is 23.5 Å². The van der Waals surface area contributed by atoms with Gasteiger partial charge in [0, 0.05) is 32.7 Å². The zero-order chi connectivity index (χ0) is 24.7. The maximum Gasteiger partial charge on any atom is 0.344 e. The monoisotopic (exact) mass is 497 g/mol. The number of nitrogens with one attached hydrogen (secondary N) is 2. The molecule has 0 saturated carbocycles. The molecule has 186 valence electrons. The van der Waals surface area contributed by atoms with Crippen LogP contribution in [0.4, 0.5) is 18.6 Å². The first-order chi connectivity index (χ1) is 16.2. The predicted molar refractivity (Wildman–Crippen MR) is 125 cm³/mol. The van der Waals surface area contributed by atoms with E-state index in [0.717, 1.165) is 57.7 Å². The van der Waals surface area contributed by atoms with E-state index in [4.69, 9.17) is 4.74 Å². The van der Waals surface area contributed by atoms with Crippen LogP contribution in [0, 0.1) is 18.6 Å². The summed E-state index contributed by atoms with van der Waals surface area (Å²) in [6.45, 7) is 6.62. The molecule has 34 heavy (non-hydrogen) atoms. The van der Waals surface area contributed by atoms with Crippen molar-refractivity contribution in [1.29, 1.82) is 0 Å². The van der Waals surface area contributed by atoms with Gasteiger partial charge in [-0.15, -0.1) is 0 Å². The minimum atomic E-state index is -1.38. The van der Waals surface area contributed by atoms with Crippen LogP contribution in [0.1, 0.15) is 34.3 Å². The van der Waals surface area contributed by atoms with Gasteiger partial charge < -0.3 is 25.0 Å². The highest BCUT2D eigenvalue weighted by Crippen LogP contribution is 2.31. The minimum Gasteiger partial charge on any atom is -0.477 e. The number of halogens is 2. The van der Waals surface area contributed by atoms with Crippen molar-refractivity contribution in [3.63, 3.8) is 0 Å². The minimum absolute atomic E-state index is 0.0257. The average molecular weight is 498 g/mol. The van der Waals surface area contributed by atoms with Crippen molar-refractivity contribution in [3.05, 3.63) is 40.5 Å².